The highest BCUT2D eigenvalue weighted by Gasteiger charge is 2.10. The Morgan fingerprint density at radius 3 is 2.91 bits per heavy atom. The molecule has 2 aromatic rings. The lowest BCUT2D eigenvalue weighted by Crippen LogP contribution is -2.12. The van der Waals surface area contributed by atoms with E-state index >= 15 is 0 Å². The zero-order valence-electron chi connectivity index (χ0n) is 12.9. The molecular formula is C16H19ClN2O3S. The molecule has 1 aromatic carbocycles. The van der Waals surface area contributed by atoms with Crippen molar-refractivity contribution in [2.45, 2.75) is 12.8 Å². The smallest absolute Gasteiger partial charge is 0.226 e. The molecule has 124 valence electrons. The van der Waals surface area contributed by atoms with Crippen LogP contribution in [-0.4, -0.2) is 37.8 Å². The second kappa shape index (κ2) is 9.62. The second-order valence-electron chi connectivity index (χ2n) is 4.77. The summed E-state index contributed by atoms with van der Waals surface area (Å²) >= 11 is 7.53. The number of carbonyl (C=O) groups is 1. The number of amides is 1. The van der Waals surface area contributed by atoms with Gasteiger partial charge in [0.05, 0.1) is 18.9 Å². The molecule has 7 heteroatoms. The van der Waals surface area contributed by atoms with Crippen molar-refractivity contribution in [3.63, 3.8) is 0 Å². The number of thiazole rings is 1. The molecule has 0 aliphatic rings. The monoisotopic (exact) mass is 354 g/mol. The molecule has 1 aromatic heterocycles. The number of hydrogen-bond acceptors (Lipinski definition) is 5. The number of carbonyl (C=O) groups excluding carboxylic acids is 1. The summed E-state index contributed by atoms with van der Waals surface area (Å²) in [5, 5.41) is 5.90. The van der Waals surface area contributed by atoms with Gasteiger partial charge in [-0.3, -0.25) is 4.79 Å². The van der Waals surface area contributed by atoms with Gasteiger partial charge in [-0.15, -0.1) is 11.3 Å². The Morgan fingerprint density at radius 1 is 1.30 bits per heavy atom. The maximum Gasteiger partial charge on any atom is 0.226 e. The maximum absolute atomic E-state index is 11.9. The Balaban J connectivity index is 1.78. The molecule has 0 bridgehead atoms. The van der Waals surface area contributed by atoms with Crippen molar-refractivity contribution in [2.75, 3.05) is 32.2 Å². The van der Waals surface area contributed by atoms with E-state index in [-0.39, 0.29) is 5.91 Å². The minimum absolute atomic E-state index is 0.0691. The van der Waals surface area contributed by atoms with Crippen LogP contribution in [0.4, 0.5) is 5.13 Å². The third kappa shape index (κ3) is 5.91. The maximum atomic E-state index is 11.9. The average Bonchev–Trinajstić information content (AvgIpc) is 2.99. The van der Waals surface area contributed by atoms with Crippen LogP contribution in [0.2, 0.25) is 5.02 Å². The number of nitrogens with zero attached hydrogens (tertiary/aromatic N) is 1. The number of ether oxygens (including phenoxy) is 2. The molecular weight excluding hydrogens is 336 g/mol. The van der Waals surface area contributed by atoms with Crippen molar-refractivity contribution < 1.29 is 14.3 Å². The molecule has 0 aliphatic carbocycles. The lowest BCUT2D eigenvalue weighted by molar-refractivity contribution is -0.116. The van der Waals surface area contributed by atoms with Gasteiger partial charge in [0.15, 0.2) is 5.13 Å². The first-order chi connectivity index (χ1) is 11.2. The minimum atomic E-state index is -0.0691. The van der Waals surface area contributed by atoms with E-state index in [0.29, 0.717) is 42.8 Å². The van der Waals surface area contributed by atoms with Crippen LogP contribution in [0.15, 0.2) is 29.6 Å². The van der Waals surface area contributed by atoms with Crippen LogP contribution in [0, 0.1) is 0 Å². The standard InChI is InChI=1S/C16H19ClN2O3S/c1-21-9-10-22-8-4-7-15(20)19-16-18-14(11-23-16)12-5-2-3-6-13(12)17/h2-3,5-6,11H,4,7-10H2,1H3,(H,18,19,20). The van der Waals surface area contributed by atoms with E-state index in [4.69, 9.17) is 21.1 Å². The van der Waals surface area contributed by atoms with Gasteiger partial charge in [0.25, 0.3) is 0 Å². The second-order valence-corrected chi connectivity index (χ2v) is 6.04. The number of methoxy groups -OCH3 is 1. The van der Waals surface area contributed by atoms with Gasteiger partial charge in [0.2, 0.25) is 5.91 Å². The molecule has 1 amide bonds. The molecule has 0 spiro atoms. The topological polar surface area (TPSA) is 60.5 Å². The lowest BCUT2D eigenvalue weighted by atomic mass is 10.2. The Morgan fingerprint density at radius 2 is 2.13 bits per heavy atom. The van der Waals surface area contributed by atoms with Crippen LogP contribution in [0.3, 0.4) is 0 Å². The first-order valence-electron chi connectivity index (χ1n) is 7.27. The highest BCUT2D eigenvalue weighted by atomic mass is 35.5. The summed E-state index contributed by atoms with van der Waals surface area (Å²) in [6.07, 6.45) is 1.06. The van der Waals surface area contributed by atoms with E-state index in [1.54, 1.807) is 7.11 Å². The quantitative estimate of drug-likeness (QED) is 0.695. The highest BCUT2D eigenvalue weighted by Crippen LogP contribution is 2.30. The van der Waals surface area contributed by atoms with Gasteiger partial charge in [-0.2, -0.15) is 0 Å². The molecule has 1 heterocycles. The van der Waals surface area contributed by atoms with Crippen molar-refractivity contribution in [1.82, 2.24) is 4.98 Å². The molecule has 5 nitrogen and oxygen atoms in total. The fourth-order valence-corrected chi connectivity index (χ4v) is 2.84. The van der Waals surface area contributed by atoms with Crippen LogP contribution >= 0.6 is 22.9 Å². The molecule has 0 radical (unpaired) electrons. The lowest BCUT2D eigenvalue weighted by Gasteiger charge is -2.04. The van der Waals surface area contributed by atoms with Gasteiger partial charge in [-0.1, -0.05) is 29.8 Å². The van der Waals surface area contributed by atoms with Crippen molar-refractivity contribution in [3.8, 4) is 11.3 Å². The summed E-state index contributed by atoms with van der Waals surface area (Å²) in [4.78, 5) is 16.3. The minimum Gasteiger partial charge on any atom is -0.382 e. The van der Waals surface area contributed by atoms with E-state index in [1.807, 2.05) is 29.6 Å². The van der Waals surface area contributed by atoms with Gasteiger partial charge in [-0.05, 0) is 12.5 Å². The molecule has 0 atom stereocenters. The van der Waals surface area contributed by atoms with Crippen LogP contribution in [-0.2, 0) is 14.3 Å². The van der Waals surface area contributed by atoms with E-state index in [2.05, 4.69) is 10.3 Å². The van der Waals surface area contributed by atoms with Gasteiger partial charge in [0, 0.05) is 36.1 Å². The first-order valence-corrected chi connectivity index (χ1v) is 8.53. The summed E-state index contributed by atoms with van der Waals surface area (Å²) in [5.41, 5.74) is 1.62. The van der Waals surface area contributed by atoms with E-state index < -0.39 is 0 Å². The summed E-state index contributed by atoms with van der Waals surface area (Å²) in [7, 11) is 1.63. The number of halogens is 1. The summed E-state index contributed by atoms with van der Waals surface area (Å²) < 4.78 is 10.2. The third-order valence-electron chi connectivity index (χ3n) is 3.02. The van der Waals surface area contributed by atoms with Gasteiger partial charge in [-0.25, -0.2) is 4.98 Å². The number of rotatable bonds is 9. The Labute approximate surface area is 144 Å². The van der Waals surface area contributed by atoms with Crippen LogP contribution < -0.4 is 5.32 Å². The Hall–Kier alpha value is -1.47. The number of nitrogens with one attached hydrogen (secondary N) is 1. The Bertz CT molecular complexity index is 633. The molecule has 0 saturated carbocycles. The van der Waals surface area contributed by atoms with Crippen molar-refractivity contribution in [2.24, 2.45) is 0 Å². The molecule has 0 saturated heterocycles. The van der Waals surface area contributed by atoms with Gasteiger partial charge in [0.1, 0.15) is 0 Å². The largest absolute Gasteiger partial charge is 0.382 e. The van der Waals surface area contributed by atoms with Crippen molar-refractivity contribution in [3.05, 3.63) is 34.7 Å². The third-order valence-corrected chi connectivity index (χ3v) is 4.11. The SMILES string of the molecule is COCCOCCCC(=O)Nc1nc(-c2ccccc2Cl)cs1. The predicted molar refractivity (Wildman–Crippen MR) is 93.1 cm³/mol. The van der Waals surface area contributed by atoms with Gasteiger partial charge < -0.3 is 14.8 Å². The fraction of sp³-hybridized carbons (Fsp3) is 0.375. The van der Waals surface area contributed by atoms with Crippen LogP contribution in [0.25, 0.3) is 11.3 Å². The summed E-state index contributed by atoms with van der Waals surface area (Å²) in [6.45, 7) is 1.65. The van der Waals surface area contributed by atoms with Crippen molar-refractivity contribution >= 4 is 34.0 Å². The molecule has 0 aliphatic heterocycles. The molecule has 2 rings (SSSR count). The van der Waals surface area contributed by atoms with E-state index in [9.17, 15) is 4.79 Å². The van der Waals surface area contributed by atoms with E-state index in [0.717, 1.165) is 11.3 Å². The zero-order valence-corrected chi connectivity index (χ0v) is 14.5. The van der Waals surface area contributed by atoms with Gasteiger partial charge >= 0.3 is 0 Å². The number of anilines is 1. The van der Waals surface area contributed by atoms with Crippen LogP contribution in [0.5, 0.6) is 0 Å². The summed E-state index contributed by atoms with van der Waals surface area (Å²) in [5.74, 6) is -0.0691. The normalized spacial score (nSPS) is 10.7. The number of hydrogen-bond donors (Lipinski definition) is 1. The fourth-order valence-electron chi connectivity index (χ4n) is 1.88. The molecule has 0 fully saturated rings. The number of benzene rings is 1. The molecule has 23 heavy (non-hydrogen) atoms. The number of aromatic nitrogens is 1. The average molecular weight is 355 g/mol. The molecule has 0 unspecified atom stereocenters. The van der Waals surface area contributed by atoms with Crippen LogP contribution in [0.1, 0.15) is 12.8 Å². The predicted octanol–water partition coefficient (Wildman–Crippen LogP) is 3.85. The first kappa shape index (κ1) is 17.9. The zero-order chi connectivity index (χ0) is 16.5. The molecule has 1 N–H and O–H groups in total. The summed E-state index contributed by atoms with van der Waals surface area (Å²) in [6, 6.07) is 7.50. The van der Waals surface area contributed by atoms with E-state index in [1.165, 1.54) is 11.3 Å². The van der Waals surface area contributed by atoms with Crippen molar-refractivity contribution in [1.29, 1.82) is 0 Å². The Kier molecular flexibility index (Phi) is 7.48. The highest BCUT2D eigenvalue weighted by molar-refractivity contribution is 7.14.